The van der Waals surface area contributed by atoms with Crippen LogP contribution in [0.2, 0.25) is 0 Å². The van der Waals surface area contributed by atoms with Gasteiger partial charge in [-0.2, -0.15) is 10.4 Å². The van der Waals surface area contributed by atoms with E-state index in [-0.39, 0.29) is 18.0 Å². The van der Waals surface area contributed by atoms with E-state index in [1.54, 1.807) is 38.4 Å². The second kappa shape index (κ2) is 6.49. The van der Waals surface area contributed by atoms with Crippen molar-refractivity contribution in [3.63, 3.8) is 0 Å². The number of hydrogen-bond acceptors (Lipinski definition) is 5. The molecule has 0 spiro atoms. The van der Waals surface area contributed by atoms with Gasteiger partial charge in [0.25, 0.3) is 5.56 Å². The van der Waals surface area contributed by atoms with E-state index < -0.39 is 0 Å². The molecule has 1 aromatic carbocycles. The number of likely N-dealkylation sites (N-methyl/N-ethyl adjacent to an activating group) is 1. The Morgan fingerprint density at radius 1 is 1.44 bits per heavy atom. The predicted molar refractivity (Wildman–Crippen MR) is 95.0 cm³/mol. The Morgan fingerprint density at radius 2 is 2.20 bits per heavy atom. The van der Waals surface area contributed by atoms with Gasteiger partial charge in [-0.3, -0.25) is 14.2 Å². The Morgan fingerprint density at radius 3 is 2.92 bits per heavy atom. The number of aryl methyl sites for hydroxylation is 1. The Hall–Kier alpha value is -2.99. The monoisotopic (exact) mass is 400 g/mol. The number of nitrogens with zero attached hydrogens (tertiary/aromatic N) is 6. The molecule has 8 nitrogen and oxygen atoms in total. The zero-order valence-corrected chi connectivity index (χ0v) is 15.1. The maximum atomic E-state index is 12.6. The average molecular weight is 401 g/mol. The highest BCUT2D eigenvalue weighted by molar-refractivity contribution is 9.10. The molecule has 0 aliphatic heterocycles. The zero-order valence-electron chi connectivity index (χ0n) is 13.5. The first-order valence-corrected chi connectivity index (χ1v) is 8.06. The van der Waals surface area contributed by atoms with Gasteiger partial charge in [0.2, 0.25) is 5.91 Å². The third-order valence-corrected chi connectivity index (χ3v) is 4.37. The summed E-state index contributed by atoms with van der Waals surface area (Å²) in [5.41, 5.74) is 1.12. The number of hydrogen-bond donors (Lipinski definition) is 0. The lowest BCUT2D eigenvalue weighted by Gasteiger charge is -2.18. The minimum Gasteiger partial charge on any atom is -0.314 e. The van der Waals surface area contributed by atoms with Crippen LogP contribution in [0.1, 0.15) is 5.56 Å². The molecular weight excluding hydrogens is 388 g/mol. The van der Waals surface area contributed by atoms with E-state index in [0.717, 1.165) is 0 Å². The first-order valence-electron chi connectivity index (χ1n) is 7.26. The molecule has 0 fully saturated rings. The van der Waals surface area contributed by atoms with Crippen molar-refractivity contribution in [1.82, 2.24) is 19.3 Å². The Bertz CT molecular complexity index is 1080. The van der Waals surface area contributed by atoms with Gasteiger partial charge < -0.3 is 4.90 Å². The minimum atomic E-state index is -0.350. The minimum absolute atomic E-state index is 0.170. The SMILES string of the molecule is CN(C(=O)Cn1cnc2c(c(Br)nn2C)c1=O)c1cccc(C#N)c1. The van der Waals surface area contributed by atoms with Crippen LogP contribution in [-0.2, 0) is 18.4 Å². The van der Waals surface area contributed by atoms with E-state index >= 15 is 0 Å². The van der Waals surface area contributed by atoms with Crippen molar-refractivity contribution >= 4 is 38.6 Å². The largest absolute Gasteiger partial charge is 0.314 e. The highest BCUT2D eigenvalue weighted by Gasteiger charge is 2.17. The molecule has 3 aromatic rings. The Labute approximate surface area is 151 Å². The number of fused-ring (bicyclic) bond motifs is 1. The molecule has 0 aliphatic rings. The number of aromatic nitrogens is 4. The fourth-order valence-electron chi connectivity index (χ4n) is 2.43. The summed E-state index contributed by atoms with van der Waals surface area (Å²) >= 11 is 3.24. The molecule has 0 aliphatic carbocycles. The number of halogens is 1. The van der Waals surface area contributed by atoms with Gasteiger partial charge in [0, 0.05) is 19.8 Å². The first-order chi connectivity index (χ1) is 11.9. The van der Waals surface area contributed by atoms with Crippen molar-refractivity contribution in [2.75, 3.05) is 11.9 Å². The van der Waals surface area contributed by atoms with E-state index in [9.17, 15) is 9.59 Å². The molecule has 2 heterocycles. The number of carbonyl (C=O) groups is 1. The van der Waals surface area contributed by atoms with Crippen LogP contribution in [0.25, 0.3) is 11.0 Å². The van der Waals surface area contributed by atoms with Gasteiger partial charge in [0.1, 0.15) is 22.9 Å². The smallest absolute Gasteiger partial charge is 0.266 e. The van der Waals surface area contributed by atoms with Gasteiger partial charge in [-0.25, -0.2) is 9.67 Å². The van der Waals surface area contributed by atoms with Crippen LogP contribution in [0.3, 0.4) is 0 Å². The number of rotatable bonds is 3. The summed E-state index contributed by atoms with van der Waals surface area (Å²) in [5, 5.41) is 13.4. The fourth-order valence-corrected chi connectivity index (χ4v) is 3.01. The predicted octanol–water partition coefficient (Wildman–Crippen LogP) is 1.43. The van der Waals surface area contributed by atoms with Crippen LogP contribution in [0.5, 0.6) is 0 Å². The van der Waals surface area contributed by atoms with Crippen molar-refractivity contribution in [2.45, 2.75) is 6.54 Å². The Kier molecular flexibility index (Phi) is 4.37. The van der Waals surface area contributed by atoms with Crippen molar-refractivity contribution in [3.8, 4) is 6.07 Å². The van der Waals surface area contributed by atoms with Crippen LogP contribution in [0.4, 0.5) is 5.69 Å². The van der Waals surface area contributed by atoms with Crippen molar-refractivity contribution in [3.05, 3.63) is 51.1 Å². The van der Waals surface area contributed by atoms with E-state index in [4.69, 9.17) is 5.26 Å². The zero-order chi connectivity index (χ0) is 18.1. The van der Waals surface area contributed by atoms with E-state index in [1.807, 2.05) is 6.07 Å². The average Bonchev–Trinajstić information content (AvgIpc) is 2.91. The molecular formula is C16H13BrN6O2. The number of nitriles is 1. The summed E-state index contributed by atoms with van der Waals surface area (Å²) in [6, 6.07) is 8.72. The van der Waals surface area contributed by atoms with Crippen molar-refractivity contribution in [1.29, 1.82) is 5.26 Å². The van der Waals surface area contributed by atoms with Gasteiger partial charge in [0.05, 0.1) is 11.6 Å². The normalized spacial score (nSPS) is 10.6. The van der Waals surface area contributed by atoms with Crippen LogP contribution in [0.15, 0.2) is 40.0 Å². The molecule has 126 valence electrons. The quantitative estimate of drug-likeness (QED) is 0.662. The van der Waals surface area contributed by atoms with Gasteiger partial charge in [0.15, 0.2) is 5.65 Å². The van der Waals surface area contributed by atoms with Crippen LogP contribution < -0.4 is 10.5 Å². The van der Waals surface area contributed by atoms with E-state index in [1.165, 1.54) is 20.5 Å². The highest BCUT2D eigenvalue weighted by Crippen LogP contribution is 2.17. The van der Waals surface area contributed by atoms with Gasteiger partial charge in [-0.15, -0.1) is 0 Å². The number of carbonyl (C=O) groups excluding carboxylic acids is 1. The molecule has 0 saturated carbocycles. The Balaban J connectivity index is 1.91. The van der Waals surface area contributed by atoms with Gasteiger partial charge >= 0.3 is 0 Å². The van der Waals surface area contributed by atoms with Crippen LogP contribution in [-0.4, -0.2) is 32.3 Å². The van der Waals surface area contributed by atoms with E-state index in [0.29, 0.717) is 26.9 Å². The van der Waals surface area contributed by atoms with Crippen molar-refractivity contribution < 1.29 is 4.79 Å². The fraction of sp³-hybridized carbons (Fsp3) is 0.188. The summed E-state index contributed by atoms with van der Waals surface area (Å²) in [7, 11) is 3.28. The lowest BCUT2D eigenvalue weighted by molar-refractivity contribution is -0.118. The third-order valence-electron chi connectivity index (χ3n) is 3.81. The maximum Gasteiger partial charge on any atom is 0.266 e. The lowest BCUT2D eigenvalue weighted by atomic mass is 10.2. The number of anilines is 1. The third kappa shape index (κ3) is 3.04. The second-order valence-electron chi connectivity index (χ2n) is 5.41. The topological polar surface area (TPSA) is 96.8 Å². The summed E-state index contributed by atoms with van der Waals surface area (Å²) in [5.74, 6) is -0.307. The van der Waals surface area contributed by atoms with Gasteiger partial charge in [-0.05, 0) is 34.1 Å². The molecule has 0 radical (unpaired) electrons. The summed E-state index contributed by atoms with van der Waals surface area (Å²) in [4.78, 5) is 30.7. The van der Waals surface area contributed by atoms with Gasteiger partial charge in [-0.1, -0.05) is 6.07 Å². The van der Waals surface area contributed by atoms with Crippen LogP contribution in [0, 0.1) is 11.3 Å². The molecule has 9 heteroatoms. The second-order valence-corrected chi connectivity index (χ2v) is 6.16. The molecule has 0 bridgehead atoms. The number of benzene rings is 1. The van der Waals surface area contributed by atoms with E-state index in [2.05, 4.69) is 26.0 Å². The maximum absolute atomic E-state index is 12.6. The molecule has 0 N–H and O–H groups in total. The summed E-state index contributed by atoms with van der Waals surface area (Å²) < 4.78 is 3.12. The molecule has 0 unspecified atom stereocenters. The lowest BCUT2D eigenvalue weighted by Crippen LogP contribution is -2.34. The van der Waals surface area contributed by atoms with Crippen LogP contribution >= 0.6 is 15.9 Å². The molecule has 3 rings (SSSR count). The molecule has 0 saturated heterocycles. The number of amides is 1. The molecule has 25 heavy (non-hydrogen) atoms. The first kappa shape index (κ1) is 16.9. The summed E-state index contributed by atoms with van der Waals surface area (Å²) in [6.45, 7) is -0.170. The molecule has 0 atom stereocenters. The molecule has 1 amide bonds. The standard InChI is InChI=1S/C16H13BrN6O2/c1-21(11-5-3-4-10(6-11)7-18)12(24)8-23-9-19-15-13(16(23)25)14(17)20-22(15)2/h3-6,9H,8H2,1-2H3. The molecule has 2 aromatic heterocycles. The summed E-state index contributed by atoms with van der Waals surface area (Å²) in [6.07, 6.45) is 1.33. The van der Waals surface area contributed by atoms with Crippen molar-refractivity contribution in [2.24, 2.45) is 7.05 Å². The highest BCUT2D eigenvalue weighted by atomic mass is 79.9.